The Hall–Kier alpha value is -1.10. The predicted octanol–water partition coefficient (Wildman–Crippen LogP) is 1.62. The number of nitrogens with zero attached hydrogens (tertiary/aromatic N) is 1. The van der Waals surface area contributed by atoms with Gasteiger partial charge in [-0.1, -0.05) is 12.1 Å². The van der Waals surface area contributed by atoms with Gasteiger partial charge >= 0.3 is 0 Å². The number of benzene rings is 1. The smallest absolute Gasteiger partial charge is 0.123 e. The summed E-state index contributed by atoms with van der Waals surface area (Å²) in [5.41, 5.74) is 7.94. The molecule has 0 spiro atoms. The molecule has 2 N–H and O–H groups in total. The van der Waals surface area contributed by atoms with Crippen molar-refractivity contribution in [3.05, 3.63) is 29.3 Å². The van der Waals surface area contributed by atoms with Gasteiger partial charge < -0.3 is 20.1 Å². The molecule has 0 radical (unpaired) electrons. The number of hydrogen-bond acceptors (Lipinski definition) is 4. The van der Waals surface area contributed by atoms with Crippen LogP contribution in [0, 0.1) is 0 Å². The van der Waals surface area contributed by atoms with Crippen molar-refractivity contribution in [1.29, 1.82) is 0 Å². The van der Waals surface area contributed by atoms with Gasteiger partial charge in [-0.05, 0) is 25.1 Å². The average molecular weight is 252 g/mol. The van der Waals surface area contributed by atoms with Gasteiger partial charge in [0.05, 0.1) is 7.11 Å². The molecule has 18 heavy (non-hydrogen) atoms. The molecule has 0 atom stereocenters. The van der Waals surface area contributed by atoms with Crippen LogP contribution in [-0.4, -0.2) is 39.3 Å². The minimum absolute atomic E-state index is 0.507. The van der Waals surface area contributed by atoms with Gasteiger partial charge in [0.25, 0.3) is 0 Å². The summed E-state index contributed by atoms with van der Waals surface area (Å²) >= 11 is 0. The Balaban J connectivity index is 2.56. The maximum atomic E-state index is 5.65. The quantitative estimate of drug-likeness (QED) is 0.714. The zero-order valence-corrected chi connectivity index (χ0v) is 11.6. The van der Waals surface area contributed by atoms with Crippen LogP contribution in [0.4, 0.5) is 0 Å². The van der Waals surface area contributed by atoms with Gasteiger partial charge in [0.2, 0.25) is 0 Å². The second-order valence-electron chi connectivity index (χ2n) is 4.43. The van der Waals surface area contributed by atoms with Crippen molar-refractivity contribution in [3.63, 3.8) is 0 Å². The monoisotopic (exact) mass is 252 g/mol. The lowest BCUT2D eigenvalue weighted by atomic mass is 10.1. The van der Waals surface area contributed by atoms with E-state index >= 15 is 0 Å². The third kappa shape index (κ3) is 4.64. The van der Waals surface area contributed by atoms with Gasteiger partial charge in [0.1, 0.15) is 5.75 Å². The molecule has 0 aromatic heterocycles. The van der Waals surface area contributed by atoms with Crippen molar-refractivity contribution in [2.24, 2.45) is 5.73 Å². The lowest BCUT2D eigenvalue weighted by molar-refractivity contribution is 0.178. The van der Waals surface area contributed by atoms with Gasteiger partial charge in [-0.25, -0.2) is 0 Å². The first-order valence-electron chi connectivity index (χ1n) is 6.24. The number of rotatable bonds is 8. The fourth-order valence-corrected chi connectivity index (χ4v) is 1.93. The molecular formula is C14H24N2O2. The standard InChI is InChI=1S/C14H24N2O2/c1-16(7-4-8-17-2)11-12-5-6-13(10-15)14(9-12)18-3/h5-6,9H,4,7-8,10-11,15H2,1-3H3. The molecule has 0 amide bonds. The number of hydrogen-bond donors (Lipinski definition) is 1. The highest BCUT2D eigenvalue weighted by Gasteiger charge is 2.05. The SMILES string of the molecule is COCCCN(C)Cc1ccc(CN)c(OC)c1. The van der Waals surface area contributed by atoms with E-state index in [0.29, 0.717) is 6.54 Å². The molecule has 1 aromatic rings. The maximum Gasteiger partial charge on any atom is 0.123 e. The third-order valence-corrected chi connectivity index (χ3v) is 2.91. The van der Waals surface area contributed by atoms with E-state index in [0.717, 1.165) is 37.4 Å². The first-order chi connectivity index (χ1) is 8.71. The molecular weight excluding hydrogens is 228 g/mol. The van der Waals surface area contributed by atoms with Crippen LogP contribution >= 0.6 is 0 Å². The topological polar surface area (TPSA) is 47.7 Å². The Labute approximate surface area is 110 Å². The molecule has 0 aliphatic rings. The van der Waals surface area contributed by atoms with Crippen LogP contribution in [0.1, 0.15) is 17.5 Å². The van der Waals surface area contributed by atoms with Crippen LogP contribution < -0.4 is 10.5 Å². The molecule has 102 valence electrons. The van der Waals surface area contributed by atoms with Crippen molar-refractivity contribution < 1.29 is 9.47 Å². The maximum absolute atomic E-state index is 5.65. The van der Waals surface area contributed by atoms with E-state index in [9.17, 15) is 0 Å². The number of nitrogens with two attached hydrogens (primary N) is 1. The Kier molecular flexibility index (Phi) is 6.72. The first kappa shape index (κ1) is 15.0. The zero-order chi connectivity index (χ0) is 13.4. The third-order valence-electron chi connectivity index (χ3n) is 2.91. The molecule has 0 fully saturated rings. The highest BCUT2D eigenvalue weighted by molar-refractivity contribution is 5.37. The summed E-state index contributed by atoms with van der Waals surface area (Å²) in [6, 6.07) is 6.21. The van der Waals surface area contributed by atoms with Crippen LogP contribution in [0.3, 0.4) is 0 Å². The van der Waals surface area contributed by atoms with Crippen molar-refractivity contribution in [2.45, 2.75) is 19.5 Å². The number of methoxy groups -OCH3 is 2. The van der Waals surface area contributed by atoms with E-state index < -0.39 is 0 Å². The second-order valence-corrected chi connectivity index (χ2v) is 4.43. The summed E-state index contributed by atoms with van der Waals surface area (Å²) in [6.45, 7) is 3.24. The molecule has 0 unspecified atom stereocenters. The van der Waals surface area contributed by atoms with Gasteiger partial charge in [-0.15, -0.1) is 0 Å². The van der Waals surface area contributed by atoms with Crippen LogP contribution in [0.25, 0.3) is 0 Å². The van der Waals surface area contributed by atoms with Crippen molar-refractivity contribution in [1.82, 2.24) is 4.90 Å². The van der Waals surface area contributed by atoms with E-state index in [2.05, 4.69) is 24.1 Å². The van der Waals surface area contributed by atoms with E-state index in [1.807, 2.05) is 6.07 Å². The van der Waals surface area contributed by atoms with E-state index in [1.165, 1.54) is 5.56 Å². The summed E-state index contributed by atoms with van der Waals surface area (Å²) in [5.74, 6) is 0.875. The van der Waals surface area contributed by atoms with E-state index in [1.54, 1.807) is 14.2 Å². The van der Waals surface area contributed by atoms with E-state index in [-0.39, 0.29) is 0 Å². The highest BCUT2D eigenvalue weighted by atomic mass is 16.5. The van der Waals surface area contributed by atoms with Crippen LogP contribution in [0.2, 0.25) is 0 Å². The van der Waals surface area contributed by atoms with Crippen molar-refractivity contribution in [2.75, 3.05) is 34.4 Å². The molecule has 0 heterocycles. The largest absolute Gasteiger partial charge is 0.496 e. The Morgan fingerprint density at radius 2 is 2.06 bits per heavy atom. The van der Waals surface area contributed by atoms with Gasteiger partial charge in [-0.2, -0.15) is 0 Å². The van der Waals surface area contributed by atoms with Crippen LogP contribution in [-0.2, 0) is 17.8 Å². The lowest BCUT2D eigenvalue weighted by Crippen LogP contribution is -2.20. The summed E-state index contributed by atoms with van der Waals surface area (Å²) in [6.07, 6.45) is 1.05. The fraction of sp³-hybridized carbons (Fsp3) is 0.571. The molecule has 1 aromatic carbocycles. The minimum Gasteiger partial charge on any atom is -0.496 e. The summed E-state index contributed by atoms with van der Waals surface area (Å²) in [5, 5.41) is 0. The average Bonchev–Trinajstić information content (AvgIpc) is 2.39. The normalized spacial score (nSPS) is 10.9. The highest BCUT2D eigenvalue weighted by Crippen LogP contribution is 2.20. The van der Waals surface area contributed by atoms with Crippen LogP contribution in [0.15, 0.2) is 18.2 Å². The number of ether oxygens (including phenoxy) is 2. The summed E-state index contributed by atoms with van der Waals surface area (Å²) < 4.78 is 10.4. The molecule has 0 saturated carbocycles. The summed E-state index contributed by atoms with van der Waals surface area (Å²) in [7, 11) is 5.52. The fourth-order valence-electron chi connectivity index (χ4n) is 1.93. The Morgan fingerprint density at radius 1 is 1.28 bits per heavy atom. The Bertz CT molecular complexity index is 356. The predicted molar refractivity (Wildman–Crippen MR) is 73.7 cm³/mol. The molecule has 1 rings (SSSR count). The first-order valence-corrected chi connectivity index (χ1v) is 6.24. The molecule has 0 saturated heterocycles. The molecule has 4 heteroatoms. The molecule has 0 bridgehead atoms. The molecule has 4 nitrogen and oxygen atoms in total. The molecule has 0 aliphatic heterocycles. The van der Waals surface area contributed by atoms with Crippen molar-refractivity contribution >= 4 is 0 Å². The lowest BCUT2D eigenvalue weighted by Gasteiger charge is -2.17. The zero-order valence-electron chi connectivity index (χ0n) is 11.6. The van der Waals surface area contributed by atoms with E-state index in [4.69, 9.17) is 15.2 Å². The molecule has 0 aliphatic carbocycles. The van der Waals surface area contributed by atoms with Gasteiger partial charge in [0, 0.05) is 38.9 Å². The van der Waals surface area contributed by atoms with Gasteiger partial charge in [0.15, 0.2) is 0 Å². The van der Waals surface area contributed by atoms with Crippen LogP contribution in [0.5, 0.6) is 5.75 Å². The minimum atomic E-state index is 0.507. The van der Waals surface area contributed by atoms with Gasteiger partial charge in [-0.3, -0.25) is 0 Å². The second kappa shape index (κ2) is 8.08. The van der Waals surface area contributed by atoms with Crippen molar-refractivity contribution in [3.8, 4) is 5.75 Å². The Morgan fingerprint density at radius 3 is 2.67 bits per heavy atom. The summed E-state index contributed by atoms with van der Waals surface area (Å²) in [4.78, 5) is 2.27.